The van der Waals surface area contributed by atoms with Gasteiger partial charge in [0.05, 0.1) is 12.5 Å². The third-order valence-electron chi connectivity index (χ3n) is 3.81. The van der Waals surface area contributed by atoms with Crippen molar-refractivity contribution in [2.24, 2.45) is 5.92 Å². The molecular weight excluding hydrogens is 282 g/mol. The quantitative estimate of drug-likeness (QED) is 0.776. The molecule has 116 valence electrons. The summed E-state index contributed by atoms with van der Waals surface area (Å²) in [5.41, 5.74) is 0. The van der Waals surface area contributed by atoms with Crippen LogP contribution in [0.3, 0.4) is 0 Å². The molecule has 2 amide bonds. The minimum absolute atomic E-state index is 0. The van der Waals surface area contributed by atoms with E-state index < -0.39 is 0 Å². The van der Waals surface area contributed by atoms with Crippen LogP contribution in [0.1, 0.15) is 13.3 Å². The second kappa shape index (κ2) is 7.81. The molecule has 2 fully saturated rings. The second-order valence-electron chi connectivity index (χ2n) is 5.37. The predicted molar refractivity (Wildman–Crippen MR) is 77.9 cm³/mol. The Balaban J connectivity index is 0.00000200. The van der Waals surface area contributed by atoms with Crippen LogP contribution < -0.4 is 5.32 Å². The fraction of sp³-hybridized carbons (Fsp3) is 0.846. The largest absolute Gasteiger partial charge is 0.383 e. The third-order valence-corrected chi connectivity index (χ3v) is 3.81. The van der Waals surface area contributed by atoms with Crippen LogP contribution in [0.2, 0.25) is 0 Å². The van der Waals surface area contributed by atoms with Gasteiger partial charge in [-0.25, -0.2) is 0 Å². The van der Waals surface area contributed by atoms with Gasteiger partial charge in [0.2, 0.25) is 11.8 Å². The van der Waals surface area contributed by atoms with Crippen molar-refractivity contribution < 1.29 is 14.3 Å². The summed E-state index contributed by atoms with van der Waals surface area (Å²) in [6.45, 7) is 6.03. The van der Waals surface area contributed by atoms with Crippen molar-refractivity contribution in [3.8, 4) is 0 Å². The molecule has 7 heteroatoms. The molecule has 2 atom stereocenters. The Morgan fingerprint density at radius 3 is 2.85 bits per heavy atom. The van der Waals surface area contributed by atoms with Gasteiger partial charge in [-0.3, -0.25) is 9.59 Å². The van der Waals surface area contributed by atoms with Crippen LogP contribution in [0.25, 0.3) is 0 Å². The van der Waals surface area contributed by atoms with Gasteiger partial charge in [-0.2, -0.15) is 0 Å². The summed E-state index contributed by atoms with van der Waals surface area (Å²) >= 11 is 0. The highest BCUT2D eigenvalue weighted by Gasteiger charge is 2.36. The molecule has 0 aromatic heterocycles. The van der Waals surface area contributed by atoms with Gasteiger partial charge in [-0.15, -0.1) is 12.4 Å². The van der Waals surface area contributed by atoms with Crippen LogP contribution in [0.4, 0.5) is 0 Å². The van der Waals surface area contributed by atoms with Crippen molar-refractivity contribution in [2.45, 2.75) is 19.4 Å². The van der Waals surface area contributed by atoms with E-state index in [4.69, 9.17) is 4.74 Å². The van der Waals surface area contributed by atoms with Crippen molar-refractivity contribution in [1.29, 1.82) is 0 Å². The standard InChI is InChI=1S/C13H23N3O3.ClH/c1-10-8-16(4-3-14-10)13(18)11-7-12(17)15(9-11)5-6-19-2;/h10-11,14H,3-9H2,1-2H3;1H. The fourth-order valence-corrected chi connectivity index (χ4v) is 2.75. The number of methoxy groups -OCH3 is 1. The molecular formula is C13H24ClN3O3. The molecule has 0 saturated carbocycles. The van der Waals surface area contributed by atoms with Gasteiger partial charge >= 0.3 is 0 Å². The monoisotopic (exact) mass is 305 g/mol. The summed E-state index contributed by atoms with van der Waals surface area (Å²) in [6, 6.07) is 0.333. The molecule has 2 saturated heterocycles. The molecule has 2 rings (SSSR count). The van der Waals surface area contributed by atoms with Crippen LogP contribution in [-0.4, -0.2) is 74.1 Å². The number of nitrogens with one attached hydrogen (secondary N) is 1. The normalized spacial score (nSPS) is 26.6. The average Bonchev–Trinajstić information content (AvgIpc) is 2.77. The first kappa shape index (κ1) is 17.2. The summed E-state index contributed by atoms with van der Waals surface area (Å²) in [5.74, 6) is 0.0230. The molecule has 0 radical (unpaired) electrons. The number of rotatable bonds is 4. The van der Waals surface area contributed by atoms with E-state index in [1.165, 1.54) is 0 Å². The van der Waals surface area contributed by atoms with E-state index in [0.717, 1.165) is 19.6 Å². The Bertz CT molecular complexity index is 354. The molecule has 2 aliphatic heterocycles. The zero-order valence-electron chi connectivity index (χ0n) is 12.1. The summed E-state index contributed by atoms with van der Waals surface area (Å²) in [5, 5.41) is 3.32. The van der Waals surface area contributed by atoms with E-state index in [1.54, 1.807) is 12.0 Å². The number of amides is 2. The SMILES string of the molecule is COCCN1CC(C(=O)N2CCNC(C)C2)CC1=O.Cl. The van der Waals surface area contributed by atoms with Gasteiger partial charge in [0.25, 0.3) is 0 Å². The number of nitrogens with zero attached hydrogens (tertiary/aromatic N) is 2. The van der Waals surface area contributed by atoms with Crippen molar-refractivity contribution in [3.63, 3.8) is 0 Å². The van der Waals surface area contributed by atoms with Crippen LogP contribution >= 0.6 is 12.4 Å². The lowest BCUT2D eigenvalue weighted by Crippen LogP contribution is -2.53. The van der Waals surface area contributed by atoms with Gasteiger partial charge in [0.15, 0.2) is 0 Å². The van der Waals surface area contributed by atoms with Crippen LogP contribution in [0, 0.1) is 5.92 Å². The smallest absolute Gasteiger partial charge is 0.228 e. The highest BCUT2D eigenvalue weighted by atomic mass is 35.5. The molecule has 1 N–H and O–H groups in total. The molecule has 0 aliphatic carbocycles. The maximum absolute atomic E-state index is 12.4. The van der Waals surface area contributed by atoms with Gasteiger partial charge in [0, 0.05) is 52.3 Å². The van der Waals surface area contributed by atoms with E-state index in [1.807, 2.05) is 4.90 Å². The fourth-order valence-electron chi connectivity index (χ4n) is 2.75. The number of hydrogen-bond donors (Lipinski definition) is 1. The first-order valence-corrected chi connectivity index (χ1v) is 6.90. The van der Waals surface area contributed by atoms with E-state index >= 15 is 0 Å². The van der Waals surface area contributed by atoms with Gasteiger partial charge in [0.1, 0.15) is 0 Å². The maximum atomic E-state index is 12.4. The van der Waals surface area contributed by atoms with Crippen LogP contribution in [0.5, 0.6) is 0 Å². The van der Waals surface area contributed by atoms with Gasteiger partial charge < -0.3 is 19.9 Å². The summed E-state index contributed by atoms with van der Waals surface area (Å²) in [7, 11) is 1.62. The molecule has 2 aliphatic rings. The predicted octanol–water partition coefficient (Wildman–Crippen LogP) is -0.277. The number of halogens is 1. The number of hydrogen-bond acceptors (Lipinski definition) is 4. The highest BCUT2D eigenvalue weighted by molar-refractivity contribution is 5.89. The zero-order chi connectivity index (χ0) is 13.8. The number of carbonyl (C=O) groups excluding carboxylic acids is 2. The van der Waals surface area contributed by atoms with Gasteiger partial charge in [-0.05, 0) is 6.92 Å². The molecule has 6 nitrogen and oxygen atoms in total. The Labute approximate surface area is 126 Å². The average molecular weight is 306 g/mol. The van der Waals surface area contributed by atoms with Crippen molar-refractivity contribution in [2.75, 3.05) is 46.4 Å². The number of carbonyl (C=O) groups is 2. The number of piperazine rings is 1. The van der Waals surface area contributed by atoms with E-state index in [0.29, 0.717) is 32.2 Å². The lowest BCUT2D eigenvalue weighted by Gasteiger charge is -2.33. The molecule has 2 heterocycles. The van der Waals surface area contributed by atoms with Crippen molar-refractivity contribution >= 4 is 24.2 Å². The molecule has 0 bridgehead atoms. The summed E-state index contributed by atoms with van der Waals surface area (Å²) in [6.07, 6.45) is 0.348. The summed E-state index contributed by atoms with van der Waals surface area (Å²) in [4.78, 5) is 27.8. The van der Waals surface area contributed by atoms with E-state index in [-0.39, 0.29) is 30.1 Å². The molecule has 2 unspecified atom stereocenters. The Morgan fingerprint density at radius 2 is 2.20 bits per heavy atom. The summed E-state index contributed by atoms with van der Waals surface area (Å²) < 4.78 is 4.98. The highest BCUT2D eigenvalue weighted by Crippen LogP contribution is 2.20. The van der Waals surface area contributed by atoms with Crippen molar-refractivity contribution in [1.82, 2.24) is 15.1 Å². The van der Waals surface area contributed by atoms with Crippen molar-refractivity contribution in [3.05, 3.63) is 0 Å². The van der Waals surface area contributed by atoms with Gasteiger partial charge in [-0.1, -0.05) is 0 Å². The zero-order valence-corrected chi connectivity index (χ0v) is 12.9. The third kappa shape index (κ3) is 4.07. The molecule has 0 spiro atoms. The van der Waals surface area contributed by atoms with Crippen LogP contribution in [0.15, 0.2) is 0 Å². The molecule has 0 aromatic rings. The Kier molecular flexibility index (Phi) is 6.71. The number of ether oxygens (including phenoxy) is 1. The minimum atomic E-state index is -0.172. The second-order valence-corrected chi connectivity index (χ2v) is 5.37. The lowest BCUT2D eigenvalue weighted by atomic mass is 10.1. The van der Waals surface area contributed by atoms with E-state index in [9.17, 15) is 9.59 Å². The minimum Gasteiger partial charge on any atom is -0.383 e. The lowest BCUT2D eigenvalue weighted by molar-refractivity contribution is -0.136. The maximum Gasteiger partial charge on any atom is 0.228 e. The number of likely N-dealkylation sites (tertiary alicyclic amines) is 1. The topological polar surface area (TPSA) is 61.9 Å². The molecule has 0 aromatic carbocycles. The van der Waals surface area contributed by atoms with Crippen LogP contribution in [-0.2, 0) is 14.3 Å². The Hall–Kier alpha value is -0.850. The first-order valence-electron chi connectivity index (χ1n) is 6.90. The molecule has 20 heavy (non-hydrogen) atoms. The first-order chi connectivity index (χ1) is 9.11. The Morgan fingerprint density at radius 1 is 1.45 bits per heavy atom. The van der Waals surface area contributed by atoms with E-state index in [2.05, 4.69) is 12.2 Å².